The highest BCUT2D eigenvalue weighted by Crippen LogP contribution is 2.31. The number of alkyl halides is 3. The summed E-state index contributed by atoms with van der Waals surface area (Å²) in [6.45, 7) is 0. The number of carbonyl (C=O) groups is 1. The number of nitrogens with one attached hydrogen (secondary N) is 2. The summed E-state index contributed by atoms with van der Waals surface area (Å²) >= 11 is 1.16. The van der Waals surface area contributed by atoms with Gasteiger partial charge in [-0.1, -0.05) is 48.2 Å². The van der Waals surface area contributed by atoms with Crippen LogP contribution in [0.25, 0.3) is 11.3 Å². The molecule has 192 valence electrons. The van der Waals surface area contributed by atoms with Crippen LogP contribution in [-0.2, 0) is 11.9 Å². The van der Waals surface area contributed by atoms with Crippen molar-refractivity contribution in [3.05, 3.63) is 105 Å². The first-order valence-electron chi connectivity index (χ1n) is 11.1. The third-order valence-electron chi connectivity index (χ3n) is 5.43. The molecular formula is C27H19F3N4O3S. The Kier molecular flexibility index (Phi) is 7.83. The second-order valence-electron chi connectivity index (χ2n) is 7.92. The molecule has 0 atom stereocenters. The van der Waals surface area contributed by atoms with Gasteiger partial charge in [0, 0.05) is 22.6 Å². The van der Waals surface area contributed by atoms with E-state index >= 15 is 0 Å². The van der Waals surface area contributed by atoms with Crippen molar-refractivity contribution in [1.82, 2.24) is 9.97 Å². The molecule has 0 unspecified atom stereocenters. The van der Waals surface area contributed by atoms with E-state index in [2.05, 4.69) is 15.3 Å². The monoisotopic (exact) mass is 536 g/mol. The Labute approximate surface area is 219 Å². The molecule has 1 aromatic heterocycles. The first-order chi connectivity index (χ1) is 18.2. The molecule has 0 bridgehead atoms. The van der Waals surface area contributed by atoms with E-state index < -0.39 is 23.2 Å². The third-order valence-corrected chi connectivity index (χ3v) is 6.36. The van der Waals surface area contributed by atoms with Crippen molar-refractivity contribution in [2.24, 2.45) is 0 Å². The predicted octanol–water partition coefficient (Wildman–Crippen LogP) is 5.88. The van der Waals surface area contributed by atoms with E-state index in [-0.39, 0.29) is 27.7 Å². The summed E-state index contributed by atoms with van der Waals surface area (Å²) in [5.41, 5.74) is -0.0316. The van der Waals surface area contributed by atoms with Crippen LogP contribution in [0.4, 0.5) is 18.9 Å². The van der Waals surface area contributed by atoms with Gasteiger partial charge in [-0.15, -0.1) is 0 Å². The van der Waals surface area contributed by atoms with Gasteiger partial charge in [0.15, 0.2) is 5.16 Å². The number of thioether (sulfide) groups is 1. The number of aromatic nitrogens is 2. The Morgan fingerprint density at radius 1 is 1.11 bits per heavy atom. The number of anilines is 1. The zero-order chi connectivity index (χ0) is 27.3. The summed E-state index contributed by atoms with van der Waals surface area (Å²) in [5.74, 6) is 0.0951. The smallest absolute Gasteiger partial charge is 0.416 e. The van der Waals surface area contributed by atoms with Gasteiger partial charge in [-0.25, -0.2) is 4.98 Å². The van der Waals surface area contributed by atoms with Crippen LogP contribution < -0.4 is 15.6 Å². The van der Waals surface area contributed by atoms with Crippen molar-refractivity contribution in [2.45, 2.75) is 17.1 Å². The van der Waals surface area contributed by atoms with Gasteiger partial charge >= 0.3 is 6.18 Å². The number of benzene rings is 3. The van der Waals surface area contributed by atoms with Crippen LogP contribution in [0.1, 0.15) is 27.0 Å². The summed E-state index contributed by atoms with van der Waals surface area (Å²) < 4.78 is 44.4. The van der Waals surface area contributed by atoms with Gasteiger partial charge in [-0.05, 0) is 42.0 Å². The first-order valence-corrected chi connectivity index (χ1v) is 12.1. The average Bonchev–Trinajstić information content (AvgIpc) is 2.92. The number of nitriles is 1. The molecule has 0 aliphatic heterocycles. The van der Waals surface area contributed by atoms with Crippen LogP contribution in [0.15, 0.2) is 82.7 Å². The number of para-hydroxylation sites is 1. The highest BCUT2D eigenvalue weighted by atomic mass is 32.2. The number of ether oxygens (including phenoxy) is 1. The summed E-state index contributed by atoms with van der Waals surface area (Å²) in [4.78, 5) is 32.4. The largest absolute Gasteiger partial charge is 0.497 e. The normalized spacial score (nSPS) is 11.0. The van der Waals surface area contributed by atoms with Gasteiger partial charge in [-0.3, -0.25) is 9.59 Å². The number of amides is 1. The zero-order valence-corrected chi connectivity index (χ0v) is 20.6. The molecule has 1 heterocycles. The lowest BCUT2D eigenvalue weighted by molar-refractivity contribution is -0.137. The number of hydrogen-bond donors (Lipinski definition) is 2. The van der Waals surface area contributed by atoms with Crippen LogP contribution in [-0.4, -0.2) is 23.0 Å². The van der Waals surface area contributed by atoms with Crippen molar-refractivity contribution >= 4 is 23.4 Å². The van der Waals surface area contributed by atoms with Crippen molar-refractivity contribution in [3.63, 3.8) is 0 Å². The lowest BCUT2D eigenvalue weighted by Crippen LogP contribution is -2.15. The molecule has 1 amide bonds. The second kappa shape index (κ2) is 11.2. The van der Waals surface area contributed by atoms with Gasteiger partial charge in [0.1, 0.15) is 17.4 Å². The number of nitrogens with zero attached hydrogens (tertiary/aromatic N) is 2. The minimum Gasteiger partial charge on any atom is -0.497 e. The van der Waals surface area contributed by atoms with E-state index in [1.165, 1.54) is 19.2 Å². The van der Waals surface area contributed by atoms with Gasteiger partial charge in [0.25, 0.3) is 11.5 Å². The van der Waals surface area contributed by atoms with Gasteiger partial charge in [0.2, 0.25) is 0 Å². The standard InChI is InChI=1S/C27H19F3N4O3S/c1-37-20-10-5-7-16(13-20)23-21(14-31)25(36)34-26(33-23)38-15-18-6-2-3-11-22(18)32-24(35)17-8-4-9-19(12-17)27(28,29)30/h2-13H,15H2,1H3,(H,32,35)(H,33,34,36). The fraction of sp³-hybridized carbons (Fsp3) is 0.111. The summed E-state index contributed by atoms with van der Waals surface area (Å²) in [6.07, 6.45) is -4.57. The Morgan fingerprint density at radius 3 is 2.61 bits per heavy atom. The number of hydrogen-bond acceptors (Lipinski definition) is 6. The number of methoxy groups -OCH3 is 1. The maximum Gasteiger partial charge on any atom is 0.416 e. The van der Waals surface area contributed by atoms with Crippen molar-refractivity contribution in [1.29, 1.82) is 5.26 Å². The summed E-state index contributed by atoms with van der Waals surface area (Å²) in [5, 5.41) is 12.4. The molecule has 4 rings (SSSR count). The fourth-order valence-corrected chi connectivity index (χ4v) is 4.41. The van der Waals surface area contributed by atoms with E-state index in [0.29, 0.717) is 22.6 Å². The molecule has 0 radical (unpaired) electrons. The van der Waals surface area contributed by atoms with E-state index in [9.17, 15) is 28.0 Å². The predicted molar refractivity (Wildman–Crippen MR) is 137 cm³/mol. The zero-order valence-electron chi connectivity index (χ0n) is 19.8. The van der Waals surface area contributed by atoms with E-state index in [0.717, 1.165) is 23.9 Å². The van der Waals surface area contributed by atoms with E-state index in [1.807, 2.05) is 6.07 Å². The Morgan fingerprint density at radius 2 is 1.87 bits per heavy atom. The van der Waals surface area contributed by atoms with Crippen molar-refractivity contribution in [3.8, 4) is 23.1 Å². The number of aromatic amines is 1. The maximum absolute atomic E-state index is 13.0. The minimum absolute atomic E-state index is 0.136. The molecule has 0 saturated carbocycles. The van der Waals surface area contributed by atoms with Gasteiger partial charge < -0.3 is 15.0 Å². The third kappa shape index (κ3) is 6.04. The number of halogens is 3. The first kappa shape index (κ1) is 26.5. The molecule has 38 heavy (non-hydrogen) atoms. The average molecular weight is 537 g/mol. The molecule has 3 aromatic carbocycles. The van der Waals surface area contributed by atoms with Crippen LogP contribution in [0.5, 0.6) is 5.75 Å². The molecular weight excluding hydrogens is 517 g/mol. The highest BCUT2D eigenvalue weighted by molar-refractivity contribution is 7.98. The van der Waals surface area contributed by atoms with Crippen LogP contribution in [0.2, 0.25) is 0 Å². The summed E-state index contributed by atoms with van der Waals surface area (Å²) in [6, 6.07) is 19.6. The van der Waals surface area contributed by atoms with Gasteiger partial charge in [0.05, 0.1) is 18.4 Å². The van der Waals surface area contributed by atoms with Crippen molar-refractivity contribution in [2.75, 3.05) is 12.4 Å². The van der Waals surface area contributed by atoms with Crippen molar-refractivity contribution < 1.29 is 22.7 Å². The number of rotatable bonds is 7. The summed E-state index contributed by atoms with van der Waals surface area (Å²) in [7, 11) is 1.50. The fourth-order valence-electron chi connectivity index (χ4n) is 3.55. The van der Waals surface area contributed by atoms with E-state index in [1.54, 1.807) is 48.5 Å². The molecule has 0 fully saturated rings. The van der Waals surface area contributed by atoms with Crippen LogP contribution >= 0.6 is 11.8 Å². The molecule has 4 aromatic rings. The highest BCUT2D eigenvalue weighted by Gasteiger charge is 2.31. The van der Waals surface area contributed by atoms with Gasteiger partial charge in [-0.2, -0.15) is 18.4 Å². The molecule has 7 nitrogen and oxygen atoms in total. The lowest BCUT2D eigenvalue weighted by atomic mass is 10.1. The second-order valence-corrected chi connectivity index (χ2v) is 8.88. The van der Waals surface area contributed by atoms with E-state index in [4.69, 9.17) is 4.74 Å². The molecule has 2 N–H and O–H groups in total. The lowest BCUT2D eigenvalue weighted by Gasteiger charge is -2.13. The SMILES string of the molecule is COc1cccc(-c2nc(SCc3ccccc3NC(=O)c3cccc(C(F)(F)F)c3)[nH]c(=O)c2C#N)c1. The molecule has 11 heteroatoms. The van der Waals surface area contributed by atoms with Crippen LogP contribution in [0.3, 0.4) is 0 Å². The Balaban J connectivity index is 1.57. The molecule has 0 saturated heterocycles. The Bertz CT molecular complexity index is 1600. The van der Waals surface area contributed by atoms with Crippen LogP contribution in [0, 0.1) is 11.3 Å². The number of carbonyl (C=O) groups excluding carboxylic acids is 1. The quantitative estimate of drug-likeness (QED) is 0.226. The molecule has 0 spiro atoms. The Hall–Kier alpha value is -4.56. The topological polar surface area (TPSA) is 108 Å². The molecule has 0 aliphatic rings. The number of H-pyrrole nitrogens is 1. The minimum atomic E-state index is -4.57. The molecule has 0 aliphatic carbocycles. The maximum atomic E-state index is 13.0.